The lowest BCUT2D eigenvalue weighted by atomic mass is 10.1. The minimum atomic E-state index is -0.228. The Kier molecular flexibility index (Phi) is 5.37. The second-order valence-electron chi connectivity index (χ2n) is 4.94. The van der Waals surface area contributed by atoms with Crippen molar-refractivity contribution in [3.63, 3.8) is 0 Å². The summed E-state index contributed by atoms with van der Waals surface area (Å²) < 4.78 is 9.84. The molecule has 0 unspecified atom stereocenters. The first-order chi connectivity index (χ1) is 10.1. The molecule has 0 atom stereocenters. The van der Waals surface area contributed by atoms with E-state index in [4.69, 9.17) is 9.26 Å². The number of nitrogens with one attached hydrogen (secondary N) is 1. The van der Waals surface area contributed by atoms with Crippen LogP contribution >= 0.6 is 0 Å². The molecule has 0 saturated heterocycles. The third kappa shape index (κ3) is 4.95. The standard InChI is InChI=1S/C16H20N2O3/c1-12-11-21-18-16(12)10-17-15-7-3-5-14(9-15)6-4-8-20-13(2)19/h3,5,7,9,11,17H,4,6,8,10H2,1-2H3. The summed E-state index contributed by atoms with van der Waals surface area (Å²) in [5, 5.41) is 7.27. The van der Waals surface area contributed by atoms with E-state index in [9.17, 15) is 4.79 Å². The molecule has 1 aromatic carbocycles. The van der Waals surface area contributed by atoms with Gasteiger partial charge in [0.2, 0.25) is 0 Å². The fourth-order valence-electron chi connectivity index (χ4n) is 2.00. The number of esters is 1. The highest BCUT2D eigenvalue weighted by molar-refractivity contribution is 5.65. The molecule has 1 N–H and O–H groups in total. The zero-order valence-electron chi connectivity index (χ0n) is 12.4. The fraction of sp³-hybridized carbons (Fsp3) is 0.375. The minimum Gasteiger partial charge on any atom is -0.466 e. The normalized spacial score (nSPS) is 10.4. The van der Waals surface area contributed by atoms with E-state index in [1.807, 2.05) is 19.1 Å². The number of benzene rings is 1. The number of ether oxygens (including phenoxy) is 1. The van der Waals surface area contributed by atoms with Crippen LogP contribution in [0.1, 0.15) is 30.2 Å². The van der Waals surface area contributed by atoms with E-state index in [0.29, 0.717) is 13.2 Å². The average molecular weight is 288 g/mol. The van der Waals surface area contributed by atoms with Gasteiger partial charge in [-0.15, -0.1) is 0 Å². The molecular weight excluding hydrogens is 268 g/mol. The number of aryl methyl sites for hydroxylation is 2. The van der Waals surface area contributed by atoms with Crippen LogP contribution in [-0.2, 0) is 22.5 Å². The zero-order chi connectivity index (χ0) is 15.1. The van der Waals surface area contributed by atoms with Crippen molar-refractivity contribution in [1.82, 2.24) is 5.16 Å². The summed E-state index contributed by atoms with van der Waals surface area (Å²) in [7, 11) is 0. The number of rotatable bonds is 7. The summed E-state index contributed by atoms with van der Waals surface area (Å²) in [4.78, 5) is 10.7. The van der Waals surface area contributed by atoms with Gasteiger partial charge in [-0.25, -0.2) is 0 Å². The van der Waals surface area contributed by atoms with Crippen molar-refractivity contribution in [3.8, 4) is 0 Å². The van der Waals surface area contributed by atoms with Crippen LogP contribution in [0.5, 0.6) is 0 Å². The van der Waals surface area contributed by atoms with E-state index in [1.165, 1.54) is 12.5 Å². The molecule has 2 aromatic rings. The summed E-state index contributed by atoms with van der Waals surface area (Å²) in [6, 6.07) is 8.20. The first-order valence-corrected chi connectivity index (χ1v) is 7.01. The first-order valence-electron chi connectivity index (χ1n) is 7.01. The molecule has 1 heterocycles. The Bertz CT molecular complexity index is 593. The minimum absolute atomic E-state index is 0.228. The van der Waals surface area contributed by atoms with Gasteiger partial charge in [-0.1, -0.05) is 17.3 Å². The number of carbonyl (C=O) groups is 1. The zero-order valence-corrected chi connectivity index (χ0v) is 12.4. The van der Waals surface area contributed by atoms with Crippen LogP contribution in [0.25, 0.3) is 0 Å². The maximum atomic E-state index is 10.7. The highest BCUT2D eigenvalue weighted by Gasteiger charge is 2.03. The van der Waals surface area contributed by atoms with E-state index in [0.717, 1.165) is 29.8 Å². The van der Waals surface area contributed by atoms with E-state index < -0.39 is 0 Å². The Morgan fingerprint density at radius 3 is 3.00 bits per heavy atom. The van der Waals surface area contributed by atoms with Gasteiger partial charge < -0.3 is 14.6 Å². The molecule has 0 amide bonds. The summed E-state index contributed by atoms with van der Waals surface area (Å²) in [6.07, 6.45) is 3.35. The van der Waals surface area contributed by atoms with Crippen molar-refractivity contribution in [2.24, 2.45) is 0 Å². The van der Waals surface area contributed by atoms with Crippen LogP contribution in [0.4, 0.5) is 5.69 Å². The monoisotopic (exact) mass is 288 g/mol. The number of carbonyl (C=O) groups excluding carboxylic acids is 1. The molecule has 0 aliphatic rings. The third-order valence-corrected chi connectivity index (χ3v) is 3.15. The molecule has 1 aromatic heterocycles. The summed E-state index contributed by atoms with van der Waals surface area (Å²) in [5.41, 5.74) is 4.21. The molecule has 21 heavy (non-hydrogen) atoms. The lowest BCUT2D eigenvalue weighted by molar-refractivity contribution is -0.141. The second-order valence-corrected chi connectivity index (χ2v) is 4.94. The van der Waals surface area contributed by atoms with Crippen LogP contribution < -0.4 is 5.32 Å². The predicted molar refractivity (Wildman–Crippen MR) is 80.0 cm³/mol. The largest absolute Gasteiger partial charge is 0.466 e. The Morgan fingerprint density at radius 1 is 1.43 bits per heavy atom. The van der Waals surface area contributed by atoms with Crippen LogP contribution in [0, 0.1) is 6.92 Å². The lowest BCUT2D eigenvalue weighted by Gasteiger charge is -2.08. The molecule has 0 bridgehead atoms. The van der Waals surface area contributed by atoms with Crippen molar-refractivity contribution in [1.29, 1.82) is 0 Å². The maximum absolute atomic E-state index is 10.7. The lowest BCUT2D eigenvalue weighted by Crippen LogP contribution is -2.03. The SMILES string of the molecule is CC(=O)OCCCc1cccc(NCc2nocc2C)c1. The Labute approximate surface area is 124 Å². The van der Waals surface area contributed by atoms with E-state index in [1.54, 1.807) is 6.26 Å². The van der Waals surface area contributed by atoms with Crippen LogP contribution in [0.2, 0.25) is 0 Å². The van der Waals surface area contributed by atoms with Gasteiger partial charge in [-0.05, 0) is 37.5 Å². The van der Waals surface area contributed by atoms with Gasteiger partial charge in [0.1, 0.15) is 12.0 Å². The van der Waals surface area contributed by atoms with E-state index in [-0.39, 0.29) is 5.97 Å². The van der Waals surface area contributed by atoms with Crippen LogP contribution in [0.3, 0.4) is 0 Å². The van der Waals surface area contributed by atoms with Gasteiger partial charge in [0, 0.05) is 18.2 Å². The fourth-order valence-corrected chi connectivity index (χ4v) is 2.00. The van der Waals surface area contributed by atoms with Crippen molar-refractivity contribution in [2.75, 3.05) is 11.9 Å². The molecule has 112 valence electrons. The topological polar surface area (TPSA) is 64.4 Å². The molecule has 2 rings (SSSR count). The molecule has 0 aliphatic carbocycles. The summed E-state index contributed by atoms with van der Waals surface area (Å²) >= 11 is 0. The Balaban J connectivity index is 1.83. The Morgan fingerprint density at radius 2 is 2.29 bits per heavy atom. The molecule has 0 fully saturated rings. The number of aromatic nitrogens is 1. The smallest absolute Gasteiger partial charge is 0.302 e. The molecule has 0 aliphatic heterocycles. The molecular formula is C16H20N2O3. The van der Waals surface area contributed by atoms with Crippen LogP contribution in [-0.4, -0.2) is 17.7 Å². The van der Waals surface area contributed by atoms with Gasteiger partial charge in [-0.3, -0.25) is 4.79 Å². The molecule has 5 nitrogen and oxygen atoms in total. The molecule has 5 heteroatoms. The van der Waals surface area contributed by atoms with Crippen molar-refractivity contribution < 1.29 is 14.1 Å². The third-order valence-electron chi connectivity index (χ3n) is 3.15. The number of hydrogen-bond acceptors (Lipinski definition) is 5. The van der Waals surface area contributed by atoms with Crippen molar-refractivity contribution in [2.45, 2.75) is 33.2 Å². The van der Waals surface area contributed by atoms with Gasteiger partial charge in [0.15, 0.2) is 0 Å². The van der Waals surface area contributed by atoms with Gasteiger partial charge >= 0.3 is 5.97 Å². The van der Waals surface area contributed by atoms with Crippen LogP contribution in [0.15, 0.2) is 35.1 Å². The maximum Gasteiger partial charge on any atom is 0.302 e. The summed E-state index contributed by atoms with van der Waals surface area (Å²) in [5.74, 6) is -0.228. The van der Waals surface area contributed by atoms with Gasteiger partial charge in [0.25, 0.3) is 0 Å². The predicted octanol–water partition coefficient (Wildman–Crippen LogP) is 3.09. The number of hydrogen-bond donors (Lipinski definition) is 1. The van der Waals surface area contributed by atoms with E-state index in [2.05, 4.69) is 22.6 Å². The average Bonchev–Trinajstić information content (AvgIpc) is 2.87. The number of nitrogens with zero attached hydrogens (tertiary/aromatic N) is 1. The Hall–Kier alpha value is -2.30. The second kappa shape index (κ2) is 7.47. The van der Waals surface area contributed by atoms with Gasteiger partial charge in [-0.2, -0.15) is 0 Å². The highest BCUT2D eigenvalue weighted by Crippen LogP contribution is 2.14. The van der Waals surface area contributed by atoms with Crippen molar-refractivity contribution >= 4 is 11.7 Å². The quantitative estimate of drug-likeness (QED) is 0.626. The van der Waals surface area contributed by atoms with Gasteiger partial charge in [0.05, 0.1) is 13.2 Å². The molecule has 0 saturated carbocycles. The first kappa shape index (κ1) is 15.1. The summed E-state index contributed by atoms with van der Waals surface area (Å²) in [6.45, 7) is 4.50. The highest BCUT2D eigenvalue weighted by atomic mass is 16.5. The van der Waals surface area contributed by atoms with Crippen molar-refractivity contribution in [3.05, 3.63) is 47.3 Å². The van der Waals surface area contributed by atoms with E-state index >= 15 is 0 Å². The molecule has 0 radical (unpaired) electrons. The molecule has 0 spiro atoms. The number of anilines is 1.